The molecule has 0 amide bonds. The molecule has 1 aliphatic carbocycles. The van der Waals surface area contributed by atoms with Crippen LogP contribution in [-0.2, 0) is 9.53 Å². The third kappa shape index (κ3) is 1.75. The van der Waals surface area contributed by atoms with Crippen LogP contribution in [0.2, 0.25) is 0 Å². The molecule has 2 aromatic rings. The van der Waals surface area contributed by atoms with Crippen molar-refractivity contribution >= 4 is 21.9 Å². The fourth-order valence-electron chi connectivity index (χ4n) is 2.40. The van der Waals surface area contributed by atoms with Gasteiger partial charge in [0.2, 0.25) is 0 Å². The van der Waals surface area contributed by atoms with Crippen LogP contribution in [0.1, 0.15) is 17.2 Å². The summed E-state index contributed by atoms with van der Waals surface area (Å²) in [5, 5.41) is 0.216. The Balaban J connectivity index is 2.12. The molecule has 0 saturated carbocycles. The minimum atomic E-state index is -0.276. The first kappa shape index (κ1) is 11.5. The molecule has 90 valence electrons. The molecule has 2 nitrogen and oxygen atoms in total. The lowest BCUT2D eigenvalue weighted by Gasteiger charge is -2.13. The fourth-order valence-corrected chi connectivity index (χ4v) is 2.53. The van der Waals surface area contributed by atoms with Gasteiger partial charge < -0.3 is 4.74 Å². The summed E-state index contributed by atoms with van der Waals surface area (Å²) in [6, 6.07) is 16.1. The van der Waals surface area contributed by atoms with E-state index in [0.29, 0.717) is 0 Å². The van der Waals surface area contributed by atoms with E-state index in [1.807, 2.05) is 36.4 Å². The van der Waals surface area contributed by atoms with Crippen LogP contribution in [0.15, 0.2) is 48.5 Å². The van der Waals surface area contributed by atoms with Crippen LogP contribution in [0.25, 0.3) is 11.1 Å². The Hall–Kier alpha value is -1.61. The standard InChI is InChI=1S/C15H11BrO2/c16-9-14(17)18-15-12-7-3-1-5-10(12)11-6-2-4-8-13(11)15/h1-8,15H,9H2. The molecular weight excluding hydrogens is 292 g/mol. The number of rotatable bonds is 2. The van der Waals surface area contributed by atoms with E-state index in [2.05, 4.69) is 28.1 Å². The van der Waals surface area contributed by atoms with Crippen LogP contribution in [0, 0.1) is 0 Å². The van der Waals surface area contributed by atoms with Crippen molar-refractivity contribution in [3.05, 3.63) is 59.7 Å². The van der Waals surface area contributed by atoms with Gasteiger partial charge in [-0.1, -0.05) is 64.5 Å². The van der Waals surface area contributed by atoms with Crippen molar-refractivity contribution in [2.24, 2.45) is 0 Å². The van der Waals surface area contributed by atoms with Crippen molar-refractivity contribution in [3.63, 3.8) is 0 Å². The minimum Gasteiger partial charge on any atom is -0.452 e. The van der Waals surface area contributed by atoms with Crippen molar-refractivity contribution in [1.82, 2.24) is 0 Å². The first-order valence-electron chi connectivity index (χ1n) is 5.75. The number of fused-ring (bicyclic) bond motifs is 3. The molecule has 0 atom stereocenters. The molecule has 0 aromatic heterocycles. The van der Waals surface area contributed by atoms with E-state index >= 15 is 0 Å². The summed E-state index contributed by atoms with van der Waals surface area (Å²) in [7, 11) is 0. The van der Waals surface area contributed by atoms with E-state index in [1.54, 1.807) is 0 Å². The summed E-state index contributed by atoms with van der Waals surface area (Å²) >= 11 is 3.13. The van der Waals surface area contributed by atoms with Crippen LogP contribution in [0.4, 0.5) is 0 Å². The van der Waals surface area contributed by atoms with E-state index in [9.17, 15) is 4.79 Å². The molecule has 0 spiro atoms. The van der Waals surface area contributed by atoms with E-state index in [-0.39, 0.29) is 17.4 Å². The van der Waals surface area contributed by atoms with Crippen molar-refractivity contribution < 1.29 is 9.53 Å². The molecule has 18 heavy (non-hydrogen) atoms. The first-order valence-corrected chi connectivity index (χ1v) is 6.87. The van der Waals surface area contributed by atoms with Gasteiger partial charge in [0.15, 0.2) is 6.10 Å². The Labute approximate surface area is 114 Å². The molecular formula is C15H11BrO2. The lowest BCUT2D eigenvalue weighted by atomic mass is 10.1. The molecule has 0 heterocycles. The van der Waals surface area contributed by atoms with Crippen LogP contribution >= 0.6 is 15.9 Å². The number of halogens is 1. The monoisotopic (exact) mass is 302 g/mol. The molecule has 3 rings (SSSR count). The summed E-state index contributed by atoms with van der Waals surface area (Å²) in [6.07, 6.45) is -0.276. The van der Waals surface area contributed by atoms with Gasteiger partial charge in [-0.25, -0.2) is 0 Å². The summed E-state index contributed by atoms with van der Waals surface area (Å²) in [5.41, 5.74) is 4.43. The Bertz CT molecular complexity index is 561. The minimum absolute atomic E-state index is 0.216. The fraction of sp³-hybridized carbons (Fsp3) is 0.133. The van der Waals surface area contributed by atoms with Gasteiger partial charge in [-0.15, -0.1) is 0 Å². The predicted molar refractivity (Wildman–Crippen MR) is 73.6 cm³/mol. The molecule has 0 bridgehead atoms. The summed E-state index contributed by atoms with van der Waals surface area (Å²) in [5.74, 6) is -0.244. The normalized spacial score (nSPS) is 12.9. The van der Waals surface area contributed by atoms with Gasteiger partial charge in [-0.3, -0.25) is 4.79 Å². The van der Waals surface area contributed by atoms with Gasteiger partial charge in [0.1, 0.15) is 5.33 Å². The van der Waals surface area contributed by atoms with Gasteiger partial charge in [0.05, 0.1) is 0 Å². The molecule has 2 aromatic carbocycles. The lowest BCUT2D eigenvalue weighted by Crippen LogP contribution is -2.11. The molecule has 0 unspecified atom stereocenters. The van der Waals surface area contributed by atoms with Crippen LogP contribution in [0.3, 0.4) is 0 Å². The highest BCUT2D eigenvalue weighted by Gasteiger charge is 2.30. The number of esters is 1. The topological polar surface area (TPSA) is 26.3 Å². The molecule has 0 aliphatic heterocycles. The number of ether oxygens (including phenoxy) is 1. The summed E-state index contributed by atoms with van der Waals surface area (Å²) < 4.78 is 5.53. The van der Waals surface area contributed by atoms with Crippen LogP contribution in [-0.4, -0.2) is 11.3 Å². The number of hydrogen-bond donors (Lipinski definition) is 0. The van der Waals surface area contributed by atoms with Gasteiger partial charge in [0, 0.05) is 11.1 Å². The third-order valence-corrected chi connectivity index (χ3v) is 3.59. The van der Waals surface area contributed by atoms with Gasteiger partial charge >= 0.3 is 5.97 Å². The van der Waals surface area contributed by atoms with Gasteiger partial charge in [-0.2, -0.15) is 0 Å². The van der Waals surface area contributed by atoms with E-state index in [0.717, 1.165) is 22.3 Å². The average Bonchev–Trinajstić information content (AvgIpc) is 2.74. The highest BCUT2D eigenvalue weighted by Crippen LogP contribution is 2.44. The van der Waals surface area contributed by atoms with Gasteiger partial charge in [0.25, 0.3) is 0 Å². The lowest BCUT2D eigenvalue weighted by molar-refractivity contribution is -0.143. The van der Waals surface area contributed by atoms with E-state index < -0.39 is 0 Å². The first-order chi connectivity index (χ1) is 8.81. The summed E-state index contributed by atoms with van der Waals surface area (Å²) in [6.45, 7) is 0. The number of carbonyl (C=O) groups excluding carboxylic acids is 1. The van der Waals surface area contributed by atoms with Gasteiger partial charge in [-0.05, 0) is 11.1 Å². The second-order valence-corrected chi connectivity index (χ2v) is 4.74. The quantitative estimate of drug-likeness (QED) is 0.625. The maximum Gasteiger partial charge on any atom is 0.317 e. The molecule has 0 fully saturated rings. The zero-order chi connectivity index (χ0) is 12.5. The Morgan fingerprint density at radius 2 is 1.50 bits per heavy atom. The summed E-state index contributed by atoms with van der Waals surface area (Å²) in [4.78, 5) is 11.5. The zero-order valence-electron chi connectivity index (χ0n) is 9.60. The van der Waals surface area contributed by atoms with Crippen LogP contribution < -0.4 is 0 Å². The molecule has 0 N–H and O–H groups in total. The number of benzene rings is 2. The van der Waals surface area contributed by atoms with Crippen molar-refractivity contribution in [2.45, 2.75) is 6.10 Å². The van der Waals surface area contributed by atoms with Crippen molar-refractivity contribution in [3.8, 4) is 11.1 Å². The van der Waals surface area contributed by atoms with Crippen molar-refractivity contribution in [1.29, 1.82) is 0 Å². The highest BCUT2D eigenvalue weighted by molar-refractivity contribution is 9.09. The zero-order valence-corrected chi connectivity index (χ0v) is 11.2. The smallest absolute Gasteiger partial charge is 0.317 e. The number of carbonyl (C=O) groups is 1. The molecule has 0 radical (unpaired) electrons. The maximum atomic E-state index is 11.5. The molecule has 3 heteroatoms. The van der Waals surface area contributed by atoms with E-state index in [4.69, 9.17) is 4.74 Å². The largest absolute Gasteiger partial charge is 0.452 e. The predicted octanol–water partition coefficient (Wildman–Crippen LogP) is 3.69. The van der Waals surface area contributed by atoms with Crippen LogP contribution in [0.5, 0.6) is 0 Å². The Morgan fingerprint density at radius 1 is 1.00 bits per heavy atom. The SMILES string of the molecule is O=C(CBr)OC1c2ccccc2-c2ccccc21. The van der Waals surface area contributed by atoms with Crippen molar-refractivity contribution in [2.75, 3.05) is 5.33 Å². The average molecular weight is 303 g/mol. The number of alkyl halides is 1. The Kier molecular flexibility index (Phi) is 2.92. The Morgan fingerprint density at radius 3 is 2.00 bits per heavy atom. The molecule has 1 aliphatic rings. The second-order valence-electron chi connectivity index (χ2n) is 4.18. The third-order valence-electron chi connectivity index (χ3n) is 3.14. The second kappa shape index (κ2) is 4.58. The maximum absolute atomic E-state index is 11.5. The van der Waals surface area contributed by atoms with E-state index in [1.165, 1.54) is 0 Å². The number of hydrogen-bond acceptors (Lipinski definition) is 2. The molecule has 0 saturated heterocycles. The highest BCUT2D eigenvalue weighted by atomic mass is 79.9.